The van der Waals surface area contributed by atoms with Crippen LogP contribution in [0.1, 0.15) is 54.4 Å². The molecule has 4 heteroatoms. The average Bonchev–Trinajstić information content (AvgIpc) is 2.77. The predicted octanol–water partition coefficient (Wildman–Crippen LogP) is 4.17. The van der Waals surface area contributed by atoms with E-state index in [1.54, 1.807) is 7.05 Å². The van der Waals surface area contributed by atoms with Crippen molar-refractivity contribution in [2.75, 3.05) is 26.7 Å². The van der Waals surface area contributed by atoms with Gasteiger partial charge in [0.25, 0.3) is 0 Å². The SMILES string of the molecule is CNC(=O)CCCCN1CCC(C(O)(c2ccc(C)cc2)c2ccc(C)cc2)CC1. The lowest BCUT2D eigenvalue weighted by atomic mass is 9.72. The third kappa shape index (κ3) is 5.30. The van der Waals surface area contributed by atoms with Crippen molar-refractivity contribution in [3.63, 3.8) is 0 Å². The molecule has 1 aliphatic rings. The van der Waals surface area contributed by atoms with Crippen molar-refractivity contribution in [3.8, 4) is 0 Å². The van der Waals surface area contributed by atoms with Gasteiger partial charge in [-0.1, -0.05) is 59.7 Å². The number of nitrogens with zero attached hydrogens (tertiary/aromatic N) is 1. The molecular formula is C26H36N2O2. The van der Waals surface area contributed by atoms with E-state index in [4.69, 9.17) is 0 Å². The maximum Gasteiger partial charge on any atom is 0.219 e. The first-order valence-corrected chi connectivity index (χ1v) is 11.2. The predicted molar refractivity (Wildman–Crippen MR) is 122 cm³/mol. The Labute approximate surface area is 181 Å². The molecule has 0 aliphatic carbocycles. The van der Waals surface area contributed by atoms with Crippen LogP contribution >= 0.6 is 0 Å². The molecule has 2 N–H and O–H groups in total. The van der Waals surface area contributed by atoms with E-state index in [0.29, 0.717) is 6.42 Å². The van der Waals surface area contributed by atoms with Gasteiger partial charge < -0.3 is 15.3 Å². The number of likely N-dealkylation sites (tertiary alicyclic amines) is 1. The maximum atomic E-state index is 12.1. The highest BCUT2D eigenvalue weighted by molar-refractivity contribution is 5.75. The molecule has 2 aromatic carbocycles. The van der Waals surface area contributed by atoms with E-state index in [2.05, 4.69) is 72.6 Å². The largest absolute Gasteiger partial charge is 0.380 e. The Balaban J connectivity index is 1.69. The van der Waals surface area contributed by atoms with Crippen LogP contribution in [0.25, 0.3) is 0 Å². The van der Waals surface area contributed by atoms with Crippen molar-refractivity contribution in [3.05, 3.63) is 70.8 Å². The lowest BCUT2D eigenvalue weighted by Gasteiger charge is -2.42. The molecule has 0 atom stereocenters. The molecule has 0 aromatic heterocycles. The summed E-state index contributed by atoms with van der Waals surface area (Å²) in [5.41, 5.74) is 3.42. The van der Waals surface area contributed by atoms with Crippen molar-refractivity contribution < 1.29 is 9.90 Å². The number of benzene rings is 2. The van der Waals surface area contributed by atoms with Crippen molar-refractivity contribution >= 4 is 5.91 Å². The molecule has 3 rings (SSSR count). The Kier molecular flexibility index (Phi) is 7.68. The van der Waals surface area contributed by atoms with E-state index in [-0.39, 0.29) is 11.8 Å². The number of hydrogen-bond donors (Lipinski definition) is 2. The molecule has 0 bridgehead atoms. The summed E-state index contributed by atoms with van der Waals surface area (Å²) >= 11 is 0. The molecule has 1 saturated heterocycles. The van der Waals surface area contributed by atoms with Crippen LogP contribution in [0, 0.1) is 19.8 Å². The van der Waals surface area contributed by atoms with Gasteiger partial charge >= 0.3 is 0 Å². The molecule has 1 aliphatic heterocycles. The van der Waals surface area contributed by atoms with E-state index >= 15 is 0 Å². The quantitative estimate of drug-likeness (QED) is 0.645. The Morgan fingerprint density at radius 2 is 1.47 bits per heavy atom. The monoisotopic (exact) mass is 408 g/mol. The van der Waals surface area contributed by atoms with Crippen molar-refractivity contribution in [1.82, 2.24) is 10.2 Å². The van der Waals surface area contributed by atoms with Gasteiger partial charge in [-0.3, -0.25) is 4.79 Å². The second kappa shape index (κ2) is 10.2. The van der Waals surface area contributed by atoms with Gasteiger partial charge in [0.15, 0.2) is 0 Å². The van der Waals surface area contributed by atoms with Crippen LogP contribution in [0.4, 0.5) is 0 Å². The number of piperidine rings is 1. The van der Waals surface area contributed by atoms with Crippen LogP contribution in [0.5, 0.6) is 0 Å². The standard InChI is InChI=1S/C26H36N2O2/c1-20-7-11-22(12-8-20)26(30,23-13-9-21(2)10-14-23)24-15-18-28(19-16-24)17-5-4-6-25(29)27-3/h7-14,24,30H,4-6,15-19H2,1-3H3,(H,27,29). The Morgan fingerprint density at radius 1 is 0.967 bits per heavy atom. The summed E-state index contributed by atoms with van der Waals surface area (Å²) in [6.07, 6.45) is 4.50. The van der Waals surface area contributed by atoms with E-state index in [9.17, 15) is 9.90 Å². The lowest BCUT2D eigenvalue weighted by Crippen LogP contribution is -2.44. The summed E-state index contributed by atoms with van der Waals surface area (Å²) in [7, 11) is 1.69. The maximum absolute atomic E-state index is 12.1. The molecule has 30 heavy (non-hydrogen) atoms. The van der Waals surface area contributed by atoms with Crippen molar-refractivity contribution in [1.29, 1.82) is 0 Å². The van der Waals surface area contributed by atoms with Crippen molar-refractivity contribution in [2.24, 2.45) is 5.92 Å². The summed E-state index contributed by atoms with van der Waals surface area (Å²) in [5.74, 6) is 0.306. The highest BCUT2D eigenvalue weighted by Gasteiger charge is 2.41. The fourth-order valence-electron chi connectivity index (χ4n) is 4.57. The fourth-order valence-corrected chi connectivity index (χ4v) is 4.57. The van der Waals surface area contributed by atoms with Gasteiger partial charge in [0, 0.05) is 13.5 Å². The summed E-state index contributed by atoms with van der Waals surface area (Å²) in [5, 5.41) is 14.8. The number of nitrogens with one attached hydrogen (secondary N) is 1. The van der Waals surface area contributed by atoms with Gasteiger partial charge in [-0.25, -0.2) is 0 Å². The highest BCUT2D eigenvalue weighted by Crippen LogP contribution is 2.42. The average molecular weight is 409 g/mol. The molecule has 1 amide bonds. The molecule has 4 nitrogen and oxygen atoms in total. The van der Waals surface area contributed by atoms with Crippen LogP contribution in [0.2, 0.25) is 0 Å². The molecule has 162 valence electrons. The smallest absolute Gasteiger partial charge is 0.219 e. The molecule has 0 unspecified atom stereocenters. The molecule has 1 fully saturated rings. The second-order valence-electron chi connectivity index (χ2n) is 8.74. The number of unbranched alkanes of at least 4 members (excludes halogenated alkanes) is 1. The fraction of sp³-hybridized carbons (Fsp3) is 0.500. The van der Waals surface area contributed by atoms with E-state index < -0.39 is 5.60 Å². The van der Waals surface area contributed by atoms with Crippen LogP contribution < -0.4 is 5.32 Å². The van der Waals surface area contributed by atoms with Crippen LogP contribution in [0.15, 0.2) is 48.5 Å². The minimum absolute atomic E-state index is 0.120. The molecule has 1 heterocycles. The minimum Gasteiger partial charge on any atom is -0.380 e. The lowest BCUT2D eigenvalue weighted by molar-refractivity contribution is -0.120. The van der Waals surface area contributed by atoms with E-state index in [1.807, 2.05) is 0 Å². The summed E-state index contributed by atoms with van der Waals surface area (Å²) < 4.78 is 0. The summed E-state index contributed by atoms with van der Waals surface area (Å²) in [6, 6.07) is 16.7. The molecule has 2 aromatic rings. The number of carbonyl (C=O) groups excluding carboxylic acids is 1. The number of aliphatic hydroxyl groups is 1. The summed E-state index contributed by atoms with van der Waals surface area (Å²) in [4.78, 5) is 13.9. The Morgan fingerprint density at radius 3 is 1.93 bits per heavy atom. The van der Waals surface area contributed by atoms with Gasteiger partial charge in [0.1, 0.15) is 5.60 Å². The second-order valence-corrected chi connectivity index (χ2v) is 8.74. The zero-order valence-corrected chi connectivity index (χ0v) is 18.7. The summed E-state index contributed by atoms with van der Waals surface area (Å²) in [6.45, 7) is 7.17. The topological polar surface area (TPSA) is 52.6 Å². The zero-order chi connectivity index (χ0) is 21.6. The third-order valence-electron chi connectivity index (χ3n) is 6.57. The molecular weight excluding hydrogens is 372 g/mol. The first-order valence-electron chi connectivity index (χ1n) is 11.2. The van der Waals surface area contributed by atoms with Crippen LogP contribution in [0.3, 0.4) is 0 Å². The first kappa shape index (κ1) is 22.5. The normalized spacial score (nSPS) is 15.9. The van der Waals surface area contributed by atoms with Gasteiger partial charge in [0.2, 0.25) is 5.91 Å². The molecule has 0 saturated carbocycles. The van der Waals surface area contributed by atoms with Gasteiger partial charge in [-0.05, 0) is 76.2 Å². The number of aryl methyl sites for hydroxylation is 2. The highest BCUT2D eigenvalue weighted by atomic mass is 16.3. The molecule has 0 radical (unpaired) electrons. The van der Waals surface area contributed by atoms with E-state index in [1.165, 1.54) is 11.1 Å². The zero-order valence-electron chi connectivity index (χ0n) is 18.7. The number of rotatable bonds is 8. The number of carbonyl (C=O) groups is 1. The first-order chi connectivity index (χ1) is 14.4. The minimum atomic E-state index is -0.966. The Bertz CT molecular complexity index is 760. The van der Waals surface area contributed by atoms with E-state index in [0.717, 1.165) is 56.4 Å². The number of amides is 1. The van der Waals surface area contributed by atoms with Crippen LogP contribution in [-0.2, 0) is 10.4 Å². The number of hydrogen-bond acceptors (Lipinski definition) is 3. The molecule has 0 spiro atoms. The third-order valence-corrected chi connectivity index (χ3v) is 6.57. The van der Waals surface area contributed by atoms with Gasteiger partial charge in [-0.15, -0.1) is 0 Å². The van der Waals surface area contributed by atoms with Crippen LogP contribution in [-0.4, -0.2) is 42.6 Å². The van der Waals surface area contributed by atoms with Gasteiger partial charge in [-0.2, -0.15) is 0 Å². The van der Waals surface area contributed by atoms with Gasteiger partial charge in [0.05, 0.1) is 0 Å². The van der Waals surface area contributed by atoms with Crippen molar-refractivity contribution in [2.45, 2.75) is 51.6 Å². The Hall–Kier alpha value is -2.17.